The standard InChI is InChI=1S/C14H11Cl3N6O3S/c15-9-5-11(17)12(6-10(9)16)27(25,26)20-3-4-22-14(24)2-1-13(21-22)23-8-18-7-19-23/h1-2,5-8,20H,3-4H2. The highest BCUT2D eigenvalue weighted by molar-refractivity contribution is 7.89. The molecular weight excluding hydrogens is 439 g/mol. The van der Waals surface area contributed by atoms with Crippen LogP contribution in [0.4, 0.5) is 0 Å². The van der Waals surface area contributed by atoms with Crippen molar-refractivity contribution in [1.82, 2.24) is 29.3 Å². The van der Waals surface area contributed by atoms with Gasteiger partial charge in [0.1, 0.15) is 17.6 Å². The van der Waals surface area contributed by atoms with Gasteiger partial charge in [-0.3, -0.25) is 4.79 Å². The van der Waals surface area contributed by atoms with Gasteiger partial charge in [-0.1, -0.05) is 34.8 Å². The number of nitrogens with one attached hydrogen (secondary N) is 1. The van der Waals surface area contributed by atoms with Gasteiger partial charge < -0.3 is 0 Å². The molecule has 142 valence electrons. The van der Waals surface area contributed by atoms with Gasteiger partial charge in [-0.25, -0.2) is 27.5 Å². The number of hydrogen-bond donors (Lipinski definition) is 1. The minimum absolute atomic E-state index is 0.0143. The Labute approximate surface area is 168 Å². The maximum Gasteiger partial charge on any atom is 0.266 e. The average molecular weight is 450 g/mol. The van der Waals surface area contributed by atoms with Crippen LogP contribution in [0.1, 0.15) is 0 Å². The van der Waals surface area contributed by atoms with Crippen molar-refractivity contribution in [2.24, 2.45) is 0 Å². The summed E-state index contributed by atoms with van der Waals surface area (Å²) in [6.45, 7) is -0.119. The number of hydrogen-bond acceptors (Lipinski definition) is 6. The second-order valence-electron chi connectivity index (χ2n) is 5.19. The summed E-state index contributed by atoms with van der Waals surface area (Å²) < 4.78 is 29.7. The number of halogens is 3. The zero-order valence-electron chi connectivity index (χ0n) is 13.4. The third kappa shape index (κ3) is 4.47. The second-order valence-corrected chi connectivity index (χ2v) is 8.14. The number of nitrogens with zero attached hydrogens (tertiary/aromatic N) is 5. The monoisotopic (exact) mass is 448 g/mol. The van der Waals surface area contributed by atoms with Gasteiger partial charge in [0.05, 0.1) is 21.6 Å². The molecule has 0 radical (unpaired) electrons. The summed E-state index contributed by atoms with van der Waals surface area (Å²) >= 11 is 17.6. The van der Waals surface area contributed by atoms with E-state index >= 15 is 0 Å². The normalized spacial score (nSPS) is 11.7. The summed E-state index contributed by atoms with van der Waals surface area (Å²) in [4.78, 5) is 15.5. The lowest BCUT2D eigenvalue weighted by Gasteiger charge is -2.10. The molecule has 9 nitrogen and oxygen atoms in total. The van der Waals surface area contributed by atoms with Crippen LogP contribution >= 0.6 is 34.8 Å². The van der Waals surface area contributed by atoms with Gasteiger partial charge in [-0.2, -0.15) is 5.10 Å². The van der Waals surface area contributed by atoms with E-state index in [1.165, 1.54) is 35.5 Å². The molecule has 0 saturated heterocycles. The van der Waals surface area contributed by atoms with Crippen LogP contribution in [0.2, 0.25) is 15.1 Å². The molecule has 1 N–H and O–H groups in total. The van der Waals surface area contributed by atoms with Crippen molar-refractivity contribution < 1.29 is 8.42 Å². The molecule has 3 rings (SSSR count). The van der Waals surface area contributed by atoms with Crippen molar-refractivity contribution in [3.8, 4) is 5.82 Å². The fourth-order valence-corrected chi connectivity index (χ4v) is 4.14. The summed E-state index contributed by atoms with van der Waals surface area (Å²) in [5.74, 6) is 0.363. The van der Waals surface area contributed by atoms with E-state index < -0.39 is 15.6 Å². The first-order valence-corrected chi connectivity index (χ1v) is 9.97. The fraction of sp³-hybridized carbons (Fsp3) is 0.143. The molecule has 0 aliphatic carbocycles. The van der Waals surface area contributed by atoms with Crippen LogP contribution < -0.4 is 10.3 Å². The van der Waals surface area contributed by atoms with Crippen LogP contribution in [-0.4, -0.2) is 39.5 Å². The molecule has 0 atom stereocenters. The van der Waals surface area contributed by atoms with E-state index in [0.717, 1.165) is 10.7 Å². The Morgan fingerprint density at radius 2 is 1.81 bits per heavy atom. The summed E-state index contributed by atoms with van der Waals surface area (Å²) in [7, 11) is -3.96. The van der Waals surface area contributed by atoms with Gasteiger partial charge in [0.25, 0.3) is 5.56 Å². The molecule has 1 aromatic carbocycles. The van der Waals surface area contributed by atoms with Gasteiger partial charge >= 0.3 is 0 Å². The quantitative estimate of drug-likeness (QED) is 0.574. The number of rotatable bonds is 6. The molecule has 2 aromatic heterocycles. The largest absolute Gasteiger partial charge is 0.268 e. The minimum atomic E-state index is -3.96. The lowest BCUT2D eigenvalue weighted by molar-refractivity contribution is 0.542. The molecule has 0 spiro atoms. The summed E-state index contributed by atoms with van der Waals surface area (Å²) in [6, 6.07) is 5.18. The van der Waals surface area contributed by atoms with Crippen LogP contribution in [0.15, 0.2) is 46.6 Å². The van der Waals surface area contributed by atoms with Gasteiger partial charge in [0, 0.05) is 12.6 Å². The molecule has 27 heavy (non-hydrogen) atoms. The van der Waals surface area contributed by atoms with Crippen molar-refractivity contribution in [2.75, 3.05) is 6.54 Å². The van der Waals surface area contributed by atoms with Crippen LogP contribution in [0.3, 0.4) is 0 Å². The van der Waals surface area contributed by atoms with Crippen molar-refractivity contribution in [3.63, 3.8) is 0 Å². The number of benzene rings is 1. The van der Waals surface area contributed by atoms with Crippen molar-refractivity contribution in [2.45, 2.75) is 11.4 Å². The maximum absolute atomic E-state index is 12.4. The summed E-state index contributed by atoms with van der Waals surface area (Å²) in [6.07, 6.45) is 2.75. The zero-order chi connectivity index (χ0) is 19.6. The molecule has 3 aromatic rings. The predicted molar refractivity (Wildman–Crippen MR) is 100 cm³/mol. The Kier molecular flexibility index (Phi) is 5.82. The Hall–Kier alpha value is -1.98. The molecule has 2 heterocycles. The van der Waals surface area contributed by atoms with E-state index in [2.05, 4.69) is 19.9 Å². The van der Waals surface area contributed by atoms with E-state index in [1.807, 2.05) is 0 Å². The van der Waals surface area contributed by atoms with Crippen LogP contribution in [0, 0.1) is 0 Å². The smallest absolute Gasteiger partial charge is 0.266 e. The van der Waals surface area contributed by atoms with Crippen molar-refractivity contribution >= 4 is 44.8 Å². The Morgan fingerprint density at radius 3 is 2.52 bits per heavy atom. The molecule has 0 bridgehead atoms. The molecule has 0 aliphatic heterocycles. The Bertz CT molecular complexity index is 1130. The predicted octanol–water partition coefficient (Wildman–Crippen LogP) is 1.76. The zero-order valence-corrected chi connectivity index (χ0v) is 16.5. The molecule has 0 amide bonds. The Balaban J connectivity index is 1.75. The van der Waals surface area contributed by atoms with Gasteiger partial charge in [-0.05, 0) is 18.2 Å². The van der Waals surface area contributed by atoms with E-state index in [1.54, 1.807) is 0 Å². The van der Waals surface area contributed by atoms with Gasteiger partial charge in [-0.15, -0.1) is 5.10 Å². The highest BCUT2D eigenvalue weighted by Gasteiger charge is 2.19. The summed E-state index contributed by atoms with van der Waals surface area (Å²) in [5.41, 5.74) is -0.398. The third-order valence-electron chi connectivity index (χ3n) is 3.39. The van der Waals surface area contributed by atoms with Crippen molar-refractivity contribution in [1.29, 1.82) is 0 Å². The average Bonchev–Trinajstić information content (AvgIpc) is 3.14. The minimum Gasteiger partial charge on any atom is -0.268 e. The highest BCUT2D eigenvalue weighted by atomic mass is 35.5. The first kappa shape index (κ1) is 19.8. The van der Waals surface area contributed by atoms with Crippen molar-refractivity contribution in [3.05, 3.63) is 62.3 Å². The first-order valence-electron chi connectivity index (χ1n) is 7.35. The molecular formula is C14H11Cl3N6O3S. The number of aromatic nitrogens is 5. The Morgan fingerprint density at radius 1 is 1.07 bits per heavy atom. The van der Waals surface area contributed by atoms with Gasteiger partial charge in [0.15, 0.2) is 5.82 Å². The lowest BCUT2D eigenvalue weighted by Crippen LogP contribution is -2.32. The second kappa shape index (κ2) is 7.95. The first-order chi connectivity index (χ1) is 12.8. The molecule has 0 saturated carbocycles. The topological polar surface area (TPSA) is 112 Å². The molecule has 0 unspecified atom stereocenters. The van der Waals surface area contributed by atoms with Crippen LogP contribution in [0.25, 0.3) is 5.82 Å². The van der Waals surface area contributed by atoms with E-state index in [-0.39, 0.29) is 33.1 Å². The molecule has 0 aliphatic rings. The van der Waals surface area contributed by atoms with E-state index in [9.17, 15) is 13.2 Å². The van der Waals surface area contributed by atoms with Gasteiger partial charge in [0.2, 0.25) is 10.0 Å². The lowest BCUT2D eigenvalue weighted by atomic mass is 10.4. The maximum atomic E-state index is 12.4. The fourth-order valence-electron chi connectivity index (χ4n) is 2.12. The number of sulfonamides is 1. The SMILES string of the molecule is O=c1ccc(-n2cncn2)nn1CCNS(=O)(=O)c1cc(Cl)c(Cl)cc1Cl. The van der Waals surface area contributed by atoms with Crippen LogP contribution in [0.5, 0.6) is 0 Å². The third-order valence-corrected chi connectivity index (χ3v) is 6.03. The van der Waals surface area contributed by atoms with Crippen LogP contribution in [-0.2, 0) is 16.6 Å². The summed E-state index contributed by atoms with van der Waals surface area (Å²) in [5, 5.41) is 8.16. The van der Waals surface area contributed by atoms with E-state index in [0.29, 0.717) is 5.82 Å². The highest BCUT2D eigenvalue weighted by Crippen LogP contribution is 2.31. The molecule has 0 fully saturated rings. The molecule has 13 heteroatoms. The van der Waals surface area contributed by atoms with E-state index in [4.69, 9.17) is 34.8 Å².